The molecule has 5 nitrogen and oxygen atoms in total. The predicted octanol–water partition coefficient (Wildman–Crippen LogP) is 6.08. The van der Waals surface area contributed by atoms with Crippen LogP contribution in [0.1, 0.15) is 43.1 Å². The fourth-order valence-electron chi connectivity index (χ4n) is 3.07. The van der Waals surface area contributed by atoms with Crippen molar-refractivity contribution in [2.24, 2.45) is 0 Å². The summed E-state index contributed by atoms with van der Waals surface area (Å²) in [7, 11) is 0. The molecule has 0 aliphatic carbocycles. The molecule has 3 rings (SSSR count). The number of aromatic nitrogens is 2. The lowest BCUT2D eigenvalue weighted by molar-refractivity contribution is 0.0526. The number of carbonyl (C=O) groups is 1. The molecule has 0 spiro atoms. The molecule has 160 valence electrons. The van der Waals surface area contributed by atoms with Gasteiger partial charge in [-0.1, -0.05) is 45.9 Å². The topological polar surface area (TPSA) is 53.3 Å². The molecule has 0 fully saturated rings. The average Bonchev–Trinajstić information content (AvgIpc) is 3.07. The van der Waals surface area contributed by atoms with Crippen molar-refractivity contribution < 1.29 is 14.3 Å². The lowest BCUT2D eigenvalue weighted by Gasteiger charge is -2.11. The molecule has 0 N–H and O–H groups in total. The Labute approximate surface area is 190 Å². The molecule has 0 saturated carbocycles. The van der Waals surface area contributed by atoms with Crippen LogP contribution in [0.2, 0.25) is 0 Å². The Bertz CT molecular complexity index is 1000. The largest absolute Gasteiger partial charge is 0.462 e. The highest BCUT2D eigenvalue weighted by Crippen LogP contribution is 2.30. The van der Waals surface area contributed by atoms with E-state index in [1.165, 1.54) is 5.56 Å². The van der Waals surface area contributed by atoms with Crippen LogP contribution in [0.4, 0.5) is 0 Å². The van der Waals surface area contributed by atoms with Gasteiger partial charge in [-0.25, -0.2) is 9.78 Å². The number of rotatable bonds is 10. The van der Waals surface area contributed by atoms with Gasteiger partial charge in [0.2, 0.25) is 0 Å². The van der Waals surface area contributed by atoms with E-state index in [4.69, 9.17) is 14.5 Å². The minimum Gasteiger partial charge on any atom is -0.462 e. The Hall–Kier alpha value is -1.83. The van der Waals surface area contributed by atoms with Crippen molar-refractivity contribution in [1.29, 1.82) is 0 Å². The van der Waals surface area contributed by atoms with Crippen molar-refractivity contribution in [3.63, 3.8) is 0 Å². The van der Waals surface area contributed by atoms with Gasteiger partial charge >= 0.3 is 5.97 Å². The summed E-state index contributed by atoms with van der Waals surface area (Å²) < 4.78 is 14.2. The molecular weight excluding hydrogens is 464 g/mol. The highest BCUT2D eigenvalue weighted by atomic mass is 79.9. The van der Waals surface area contributed by atoms with Gasteiger partial charge in [-0.15, -0.1) is 0 Å². The molecule has 7 heteroatoms. The number of hydrogen-bond donors (Lipinski definition) is 0. The van der Waals surface area contributed by atoms with Gasteiger partial charge in [0.05, 0.1) is 29.3 Å². The zero-order valence-corrected chi connectivity index (χ0v) is 20.0. The van der Waals surface area contributed by atoms with Crippen LogP contribution in [0.3, 0.4) is 0 Å². The SMILES string of the molecule is CCOC(=O)c1ccc2c(c1)nc(SCc1ccccc1Br)n2CCCOC(C)C. The zero-order valence-electron chi connectivity index (χ0n) is 17.6. The lowest BCUT2D eigenvalue weighted by Crippen LogP contribution is -2.08. The van der Waals surface area contributed by atoms with Crippen molar-refractivity contribution >= 4 is 44.7 Å². The standard InChI is InChI=1S/C23H27BrN2O3S/c1-4-28-22(27)17-10-11-21-20(14-17)25-23(26(21)12-7-13-29-16(2)3)30-15-18-8-5-6-9-19(18)24/h5-6,8-11,14,16H,4,7,12-13,15H2,1-3H3. The number of aryl methyl sites for hydroxylation is 1. The van der Waals surface area contributed by atoms with Crippen LogP contribution in [-0.2, 0) is 21.8 Å². The third-order valence-corrected chi connectivity index (χ3v) is 6.32. The predicted molar refractivity (Wildman–Crippen MR) is 125 cm³/mol. The molecule has 0 amide bonds. The molecule has 0 unspecified atom stereocenters. The summed E-state index contributed by atoms with van der Waals surface area (Å²) in [5, 5.41) is 0.936. The number of imidazole rings is 1. The molecule has 1 aromatic heterocycles. The molecule has 0 aliphatic rings. The first-order chi connectivity index (χ1) is 14.5. The molecule has 1 heterocycles. The summed E-state index contributed by atoms with van der Waals surface area (Å²) in [5.41, 5.74) is 3.57. The maximum absolute atomic E-state index is 12.1. The highest BCUT2D eigenvalue weighted by molar-refractivity contribution is 9.10. The smallest absolute Gasteiger partial charge is 0.338 e. The van der Waals surface area contributed by atoms with E-state index in [0.717, 1.165) is 39.4 Å². The van der Waals surface area contributed by atoms with Crippen LogP contribution in [0, 0.1) is 0 Å². The van der Waals surface area contributed by atoms with E-state index in [0.29, 0.717) is 18.8 Å². The van der Waals surface area contributed by atoms with Crippen molar-refractivity contribution in [3.8, 4) is 0 Å². The molecule has 2 aromatic carbocycles. The molecule has 30 heavy (non-hydrogen) atoms. The number of esters is 1. The van der Waals surface area contributed by atoms with Crippen molar-refractivity contribution in [1.82, 2.24) is 9.55 Å². The summed E-state index contributed by atoms with van der Waals surface area (Å²) in [6.45, 7) is 7.76. The second-order valence-electron chi connectivity index (χ2n) is 7.12. The van der Waals surface area contributed by atoms with E-state index >= 15 is 0 Å². The number of halogens is 1. The highest BCUT2D eigenvalue weighted by Gasteiger charge is 2.15. The second-order valence-corrected chi connectivity index (χ2v) is 8.92. The summed E-state index contributed by atoms with van der Waals surface area (Å²) in [5.74, 6) is 0.486. The van der Waals surface area contributed by atoms with E-state index in [2.05, 4.69) is 26.6 Å². The van der Waals surface area contributed by atoms with Crippen molar-refractivity contribution in [2.75, 3.05) is 13.2 Å². The normalized spacial score (nSPS) is 11.4. The van der Waals surface area contributed by atoms with Crippen LogP contribution in [0.15, 0.2) is 52.1 Å². The van der Waals surface area contributed by atoms with Crippen molar-refractivity contribution in [3.05, 3.63) is 58.1 Å². The Morgan fingerprint density at radius 1 is 1.23 bits per heavy atom. The molecule has 0 saturated heterocycles. The van der Waals surface area contributed by atoms with E-state index in [9.17, 15) is 4.79 Å². The Balaban J connectivity index is 1.86. The number of ether oxygens (including phenoxy) is 2. The summed E-state index contributed by atoms with van der Waals surface area (Å²) in [4.78, 5) is 17.0. The van der Waals surface area contributed by atoms with Crippen LogP contribution < -0.4 is 0 Å². The van der Waals surface area contributed by atoms with Gasteiger partial charge < -0.3 is 14.0 Å². The zero-order chi connectivity index (χ0) is 21.5. The minimum atomic E-state index is -0.318. The van der Waals surface area contributed by atoms with Gasteiger partial charge in [0, 0.05) is 23.4 Å². The lowest BCUT2D eigenvalue weighted by atomic mass is 10.2. The molecular formula is C23H27BrN2O3S. The quantitative estimate of drug-likeness (QED) is 0.195. The minimum absolute atomic E-state index is 0.223. The summed E-state index contributed by atoms with van der Waals surface area (Å²) in [6.07, 6.45) is 1.12. The Morgan fingerprint density at radius 2 is 2.03 bits per heavy atom. The van der Waals surface area contributed by atoms with Crippen LogP contribution in [0.5, 0.6) is 0 Å². The average molecular weight is 491 g/mol. The number of nitrogens with zero attached hydrogens (tertiary/aromatic N) is 2. The molecule has 3 aromatic rings. The number of benzene rings is 2. The Kier molecular flexibility index (Phi) is 8.36. The van der Waals surface area contributed by atoms with E-state index < -0.39 is 0 Å². The number of fused-ring (bicyclic) bond motifs is 1. The molecule has 0 radical (unpaired) electrons. The third kappa shape index (κ3) is 5.86. The number of thioether (sulfide) groups is 1. The first kappa shape index (κ1) is 22.8. The van der Waals surface area contributed by atoms with E-state index in [1.54, 1.807) is 18.7 Å². The fraction of sp³-hybridized carbons (Fsp3) is 0.391. The monoisotopic (exact) mass is 490 g/mol. The van der Waals surface area contributed by atoms with Crippen LogP contribution in [0.25, 0.3) is 11.0 Å². The van der Waals surface area contributed by atoms with E-state index in [-0.39, 0.29) is 12.1 Å². The Morgan fingerprint density at radius 3 is 2.77 bits per heavy atom. The van der Waals surface area contributed by atoms with Crippen LogP contribution >= 0.6 is 27.7 Å². The number of carbonyl (C=O) groups excluding carboxylic acids is 1. The maximum Gasteiger partial charge on any atom is 0.338 e. The first-order valence-corrected chi connectivity index (χ1v) is 11.9. The summed E-state index contributed by atoms with van der Waals surface area (Å²) >= 11 is 5.31. The first-order valence-electron chi connectivity index (χ1n) is 10.1. The molecule has 0 bridgehead atoms. The van der Waals surface area contributed by atoms with Crippen molar-refractivity contribution in [2.45, 2.75) is 50.8 Å². The van der Waals surface area contributed by atoms with Crippen LogP contribution in [-0.4, -0.2) is 34.8 Å². The van der Waals surface area contributed by atoms with Gasteiger partial charge in [0.1, 0.15) is 0 Å². The van der Waals surface area contributed by atoms with Gasteiger partial charge in [0.25, 0.3) is 0 Å². The van der Waals surface area contributed by atoms with Gasteiger partial charge in [-0.2, -0.15) is 0 Å². The molecule has 0 aliphatic heterocycles. The third-order valence-electron chi connectivity index (χ3n) is 4.52. The maximum atomic E-state index is 12.1. The van der Waals surface area contributed by atoms with Gasteiger partial charge in [-0.05, 0) is 57.0 Å². The summed E-state index contributed by atoms with van der Waals surface area (Å²) in [6, 6.07) is 13.8. The van der Waals surface area contributed by atoms with Gasteiger partial charge in [0.15, 0.2) is 5.16 Å². The number of hydrogen-bond acceptors (Lipinski definition) is 5. The van der Waals surface area contributed by atoms with Gasteiger partial charge in [-0.3, -0.25) is 0 Å². The fourth-order valence-corrected chi connectivity index (χ4v) is 4.73. The molecule has 0 atom stereocenters. The second kappa shape index (κ2) is 11.0. The van der Waals surface area contributed by atoms with E-state index in [1.807, 2.05) is 50.2 Å².